The quantitative estimate of drug-likeness (QED) is 0.829. The largest absolute Gasteiger partial charge is 0.389 e. The minimum absolute atomic E-state index is 0.372. The summed E-state index contributed by atoms with van der Waals surface area (Å²) in [6.07, 6.45) is 8.40. The van der Waals surface area contributed by atoms with Gasteiger partial charge in [-0.2, -0.15) is 0 Å². The molecule has 1 N–H and O–H groups in total. The average Bonchev–Trinajstić information content (AvgIpc) is 2.39. The lowest BCUT2D eigenvalue weighted by Gasteiger charge is -2.22. The van der Waals surface area contributed by atoms with E-state index in [9.17, 15) is 5.11 Å². The maximum atomic E-state index is 9.37. The first-order valence-electron chi connectivity index (χ1n) is 7.13. The number of aliphatic hydroxyl groups excluding tert-OH is 1. The molecule has 1 saturated carbocycles. The second kappa shape index (κ2) is 6.19. The molecule has 0 bridgehead atoms. The number of benzene rings is 1. The molecule has 1 aromatic carbocycles. The number of hydrogen-bond donors (Lipinski definition) is 1. The Hall–Kier alpha value is -1.08. The van der Waals surface area contributed by atoms with Crippen molar-refractivity contribution in [2.45, 2.75) is 58.0 Å². The number of allylic oxidation sites excluding steroid dienone is 1. The van der Waals surface area contributed by atoms with Crippen LogP contribution in [0.4, 0.5) is 0 Å². The third-order valence-electron chi connectivity index (χ3n) is 3.93. The zero-order valence-electron chi connectivity index (χ0n) is 11.5. The van der Waals surface area contributed by atoms with Gasteiger partial charge in [0.05, 0.1) is 6.10 Å². The van der Waals surface area contributed by atoms with Crippen LogP contribution in [0.15, 0.2) is 30.3 Å². The predicted octanol–water partition coefficient (Wildman–Crippen LogP) is 4.52. The molecule has 2 rings (SSSR count). The smallest absolute Gasteiger partial charge is 0.0698 e. The molecule has 0 aromatic heterocycles. The van der Waals surface area contributed by atoms with Gasteiger partial charge < -0.3 is 5.11 Å². The normalized spacial score (nSPS) is 19.8. The summed E-state index contributed by atoms with van der Waals surface area (Å²) in [6, 6.07) is 8.92. The van der Waals surface area contributed by atoms with Crippen molar-refractivity contribution in [3.05, 3.63) is 41.5 Å². The maximum absolute atomic E-state index is 9.37. The van der Waals surface area contributed by atoms with Gasteiger partial charge in [0, 0.05) is 0 Å². The Bertz CT molecular complexity index is 394. The number of hydrogen-bond acceptors (Lipinski definition) is 1. The summed E-state index contributed by atoms with van der Waals surface area (Å²) in [6.45, 7) is 3.85. The Labute approximate surface area is 111 Å². The molecule has 0 radical (unpaired) electrons. The highest BCUT2D eigenvalue weighted by atomic mass is 16.3. The Morgan fingerprint density at radius 2 is 1.78 bits per heavy atom. The number of rotatable bonds is 3. The van der Waals surface area contributed by atoms with Gasteiger partial charge >= 0.3 is 0 Å². The fourth-order valence-electron chi connectivity index (χ4n) is 2.91. The molecule has 0 spiro atoms. The molecule has 18 heavy (non-hydrogen) atoms. The van der Waals surface area contributed by atoms with E-state index in [1.807, 2.05) is 6.08 Å². The van der Waals surface area contributed by atoms with Gasteiger partial charge in [-0.05, 0) is 49.3 Å². The van der Waals surface area contributed by atoms with E-state index in [4.69, 9.17) is 0 Å². The molecule has 0 aliphatic heterocycles. The van der Waals surface area contributed by atoms with Crippen LogP contribution in [0.2, 0.25) is 0 Å². The van der Waals surface area contributed by atoms with Gasteiger partial charge in [0.1, 0.15) is 0 Å². The molecular weight excluding hydrogens is 220 g/mol. The van der Waals surface area contributed by atoms with Gasteiger partial charge in [0.25, 0.3) is 0 Å². The van der Waals surface area contributed by atoms with Crippen LogP contribution in [-0.4, -0.2) is 11.2 Å². The second-order valence-electron chi connectivity index (χ2n) is 5.55. The van der Waals surface area contributed by atoms with E-state index in [1.54, 1.807) is 6.92 Å². The third-order valence-corrected chi connectivity index (χ3v) is 3.93. The van der Waals surface area contributed by atoms with Crippen LogP contribution in [-0.2, 0) is 0 Å². The molecule has 1 fully saturated rings. The average molecular weight is 244 g/mol. The molecular formula is C17H24O. The molecule has 1 heteroatoms. The predicted molar refractivity (Wildman–Crippen MR) is 77.6 cm³/mol. The van der Waals surface area contributed by atoms with E-state index >= 15 is 0 Å². The van der Waals surface area contributed by atoms with Crippen LogP contribution in [0.3, 0.4) is 0 Å². The Morgan fingerprint density at radius 1 is 1.17 bits per heavy atom. The Morgan fingerprint density at radius 3 is 2.33 bits per heavy atom. The first kappa shape index (κ1) is 13.4. The van der Waals surface area contributed by atoms with E-state index < -0.39 is 0 Å². The fraction of sp³-hybridized carbons (Fsp3) is 0.529. The van der Waals surface area contributed by atoms with Gasteiger partial charge in [-0.25, -0.2) is 0 Å². The van der Waals surface area contributed by atoms with E-state index in [0.717, 1.165) is 11.5 Å². The van der Waals surface area contributed by atoms with E-state index in [-0.39, 0.29) is 6.10 Å². The van der Waals surface area contributed by atoms with Crippen LogP contribution >= 0.6 is 0 Å². The molecule has 0 heterocycles. The molecule has 1 unspecified atom stereocenters. The SMILES string of the molecule is C/C(=C\C(C)O)c1ccc(C2CCCCC2)cc1. The summed E-state index contributed by atoms with van der Waals surface area (Å²) < 4.78 is 0. The van der Waals surface area contributed by atoms with Crippen LogP contribution in [0, 0.1) is 0 Å². The Balaban J connectivity index is 2.09. The first-order valence-corrected chi connectivity index (χ1v) is 7.13. The molecule has 0 saturated heterocycles. The van der Waals surface area contributed by atoms with Crippen molar-refractivity contribution in [1.29, 1.82) is 0 Å². The van der Waals surface area contributed by atoms with Gasteiger partial charge in [-0.15, -0.1) is 0 Å². The summed E-state index contributed by atoms with van der Waals surface area (Å²) in [7, 11) is 0. The van der Waals surface area contributed by atoms with Gasteiger partial charge in [-0.1, -0.05) is 49.6 Å². The van der Waals surface area contributed by atoms with Crippen molar-refractivity contribution >= 4 is 5.57 Å². The van der Waals surface area contributed by atoms with Crippen molar-refractivity contribution in [3.63, 3.8) is 0 Å². The molecule has 98 valence electrons. The van der Waals surface area contributed by atoms with Gasteiger partial charge in [-0.3, -0.25) is 0 Å². The summed E-state index contributed by atoms with van der Waals surface area (Å²) in [5.41, 5.74) is 3.86. The number of aliphatic hydroxyl groups is 1. The lowest BCUT2D eigenvalue weighted by molar-refractivity contribution is 0.244. The molecule has 1 aliphatic rings. The summed E-state index contributed by atoms with van der Waals surface area (Å²) in [4.78, 5) is 0. The maximum Gasteiger partial charge on any atom is 0.0698 e. The molecule has 1 atom stereocenters. The summed E-state index contributed by atoms with van der Waals surface area (Å²) >= 11 is 0. The molecule has 1 aliphatic carbocycles. The highest BCUT2D eigenvalue weighted by Crippen LogP contribution is 2.33. The summed E-state index contributed by atoms with van der Waals surface area (Å²) in [5, 5.41) is 9.37. The van der Waals surface area contributed by atoms with Crippen molar-refractivity contribution in [1.82, 2.24) is 0 Å². The molecule has 1 aromatic rings. The van der Waals surface area contributed by atoms with Crippen molar-refractivity contribution in [2.24, 2.45) is 0 Å². The topological polar surface area (TPSA) is 20.2 Å². The van der Waals surface area contributed by atoms with Crippen molar-refractivity contribution in [2.75, 3.05) is 0 Å². The van der Waals surface area contributed by atoms with Crippen LogP contribution in [0.1, 0.15) is 63.0 Å². The lowest BCUT2D eigenvalue weighted by Crippen LogP contribution is -2.04. The first-order chi connectivity index (χ1) is 8.66. The zero-order valence-corrected chi connectivity index (χ0v) is 11.5. The fourth-order valence-corrected chi connectivity index (χ4v) is 2.91. The zero-order chi connectivity index (χ0) is 13.0. The second-order valence-corrected chi connectivity index (χ2v) is 5.55. The minimum atomic E-state index is -0.372. The van der Waals surface area contributed by atoms with Gasteiger partial charge in [0.2, 0.25) is 0 Å². The molecule has 0 amide bonds. The van der Waals surface area contributed by atoms with E-state index in [2.05, 4.69) is 31.2 Å². The van der Waals surface area contributed by atoms with Crippen LogP contribution in [0.25, 0.3) is 5.57 Å². The highest BCUT2D eigenvalue weighted by Gasteiger charge is 2.15. The monoisotopic (exact) mass is 244 g/mol. The van der Waals surface area contributed by atoms with Crippen LogP contribution < -0.4 is 0 Å². The van der Waals surface area contributed by atoms with Gasteiger partial charge in [0.15, 0.2) is 0 Å². The van der Waals surface area contributed by atoms with Crippen LogP contribution in [0.5, 0.6) is 0 Å². The standard InChI is InChI=1S/C17H24O/c1-13(12-14(2)18)15-8-10-17(11-9-15)16-6-4-3-5-7-16/h8-12,14,16,18H,3-7H2,1-2H3/b13-12+. The minimum Gasteiger partial charge on any atom is -0.389 e. The van der Waals surface area contributed by atoms with E-state index in [1.165, 1.54) is 43.2 Å². The van der Waals surface area contributed by atoms with E-state index in [0.29, 0.717) is 0 Å². The highest BCUT2D eigenvalue weighted by molar-refractivity contribution is 5.64. The molecule has 1 nitrogen and oxygen atoms in total. The third kappa shape index (κ3) is 3.46. The van der Waals surface area contributed by atoms with Crippen molar-refractivity contribution in [3.8, 4) is 0 Å². The summed E-state index contributed by atoms with van der Waals surface area (Å²) in [5.74, 6) is 0.772. The Kier molecular flexibility index (Phi) is 4.60. The van der Waals surface area contributed by atoms with Crippen molar-refractivity contribution < 1.29 is 5.11 Å². The lowest BCUT2D eigenvalue weighted by atomic mass is 9.84.